The number of nitrogens with zero attached hydrogens (tertiary/aromatic N) is 5. The largest absolute Gasteiger partial charge is 0.397 e. The van der Waals surface area contributed by atoms with Crippen LogP contribution in [0.25, 0.3) is 11.3 Å². The summed E-state index contributed by atoms with van der Waals surface area (Å²) >= 11 is 0. The van der Waals surface area contributed by atoms with Crippen LogP contribution in [0.15, 0.2) is 49.3 Å². The number of rotatable bonds is 5. The molecule has 0 saturated carbocycles. The Balaban J connectivity index is 1.61. The average Bonchev–Trinajstić information content (AvgIpc) is 2.75. The van der Waals surface area contributed by atoms with Crippen molar-refractivity contribution in [3.05, 3.63) is 60.6 Å². The minimum absolute atomic E-state index is 0.141. The minimum atomic E-state index is -0.156. The predicted octanol–water partition coefficient (Wildman–Crippen LogP) is 1.87. The maximum atomic E-state index is 13.1. The van der Waals surface area contributed by atoms with E-state index in [0.29, 0.717) is 11.4 Å². The first-order valence-electron chi connectivity index (χ1n) is 9.60. The lowest BCUT2D eigenvalue weighted by Gasteiger charge is -2.33. The van der Waals surface area contributed by atoms with Crippen molar-refractivity contribution in [2.75, 3.05) is 23.7 Å². The van der Waals surface area contributed by atoms with Crippen LogP contribution < -0.4 is 16.4 Å². The van der Waals surface area contributed by atoms with E-state index in [1.54, 1.807) is 36.9 Å². The van der Waals surface area contributed by atoms with E-state index in [0.717, 1.165) is 42.7 Å². The number of nitrogen functional groups attached to an aromatic ring is 1. The van der Waals surface area contributed by atoms with E-state index in [1.807, 2.05) is 6.07 Å². The lowest BCUT2D eigenvalue weighted by Crippen LogP contribution is -2.43. The highest BCUT2D eigenvalue weighted by Gasteiger charge is 2.21. The summed E-state index contributed by atoms with van der Waals surface area (Å²) in [4.78, 5) is 32.0. The molecular weight excluding hydrogens is 366 g/mol. The average molecular weight is 389 g/mol. The number of nitrogens with two attached hydrogens (primary N) is 2. The summed E-state index contributed by atoms with van der Waals surface area (Å²) in [6.07, 6.45) is 10.4. The highest BCUT2D eigenvalue weighted by Crippen LogP contribution is 2.26. The molecular formula is C21H23N7O. The smallest absolute Gasteiger partial charge is 0.187 e. The Bertz CT molecular complexity index is 1010. The zero-order valence-electron chi connectivity index (χ0n) is 16.0. The molecule has 1 fully saturated rings. The summed E-state index contributed by atoms with van der Waals surface area (Å²) in [5.74, 6) is -0.156. The molecule has 148 valence electrons. The molecule has 1 aliphatic rings. The van der Waals surface area contributed by atoms with Gasteiger partial charge in [0.1, 0.15) is 12.0 Å². The minimum Gasteiger partial charge on any atom is -0.397 e. The van der Waals surface area contributed by atoms with Gasteiger partial charge in [-0.25, -0.2) is 15.0 Å². The lowest BCUT2D eigenvalue weighted by atomic mass is 10.0. The molecule has 3 aromatic heterocycles. The van der Waals surface area contributed by atoms with Gasteiger partial charge in [-0.15, -0.1) is 0 Å². The fourth-order valence-corrected chi connectivity index (χ4v) is 3.64. The summed E-state index contributed by atoms with van der Waals surface area (Å²) in [6.45, 7) is 1.69. The van der Waals surface area contributed by atoms with Gasteiger partial charge < -0.3 is 16.4 Å². The third kappa shape index (κ3) is 4.22. The van der Waals surface area contributed by atoms with Crippen LogP contribution in [0.3, 0.4) is 0 Å². The van der Waals surface area contributed by atoms with E-state index in [4.69, 9.17) is 11.5 Å². The maximum Gasteiger partial charge on any atom is 0.187 e. The van der Waals surface area contributed by atoms with Crippen LogP contribution in [0.2, 0.25) is 0 Å². The molecule has 0 radical (unpaired) electrons. The highest BCUT2D eigenvalue weighted by atomic mass is 16.1. The first-order valence-corrected chi connectivity index (χ1v) is 9.60. The van der Waals surface area contributed by atoms with E-state index < -0.39 is 0 Å². The number of carbonyl (C=O) groups is 1. The van der Waals surface area contributed by atoms with Crippen molar-refractivity contribution in [2.45, 2.75) is 25.3 Å². The van der Waals surface area contributed by atoms with Crippen LogP contribution in [0.5, 0.6) is 0 Å². The van der Waals surface area contributed by atoms with Crippen molar-refractivity contribution in [3.63, 3.8) is 0 Å². The standard InChI is InChI=1S/C21H23N7O/c22-16-2-1-7-28(12-16)19-5-6-24-9-14(19)8-20(29)21-17(23)3-4-18(27-21)15-10-25-13-26-11-15/h3-6,9-11,13,16H,1-2,7-8,12,22-23H2/t16-/m0/s1. The van der Waals surface area contributed by atoms with Crippen LogP contribution >= 0.6 is 0 Å². The zero-order valence-corrected chi connectivity index (χ0v) is 16.0. The first kappa shape index (κ1) is 18.9. The highest BCUT2D eigenvalue weighted by molar-refractivity contribution is 6.01. The van der Waals surface area contributed by atoms with Gasteiger partial charge in [0.15, 0.2) is 5.78 Å². The maximum absolute atomic E-state index is 13.1. The van der Waals surface area contributed by atoms with Crippen molar-refractivity contribution in [2.24, 2.45) is 5.73 Å². The second kappa shape index (κ2) is 8.32. The third-order valence-corrected chi connectivity index (χ3v) is 5.07. The lowest BCUT2D eigenvalue weighted by molar-refractivity contribution is 0.0989. The molecule has 0 aromatic carbocycles. The van der Waals surface area contributed by atoms with Crippen LogP contribution in [-0.2, 0) is 6.42 Å². The van der Waals surface area contributed by atoms with E-state index in [1.165, 1.54) is 6.33 Å². The molecule has 1 atom stereocenters. The number of aromatic nitrogens is 4. The van der Waals surface area contributed by atoms with E-state index in [9.17, 15) is 4.79 Å². The van der Waals surface area contributed by atoms with E-state index in [-0.39, 0.29) is 23.9 Å². The SMILES string of the molecule is Nc1ccc(-c2cncnc2)nc1C(=O)Cc1cnccc1N1CCC[C@H](N)C1. The molecule has 4 rings (SSSR count). The molecule has 0 aliphatic carbocycles. The number of anilines is 2. The Labute approximate surface area is 169 Å². The van der Waals surface area contributed by atoms with Gasteiger partial charge in [0.05, 0.1) is 11.4 Å². The van der Waals surface area contributed by atoms with Gasteiger partial charge in [-0.1, -0.05) is 0 Å². The van der Waals surface area contributed by atoms with Gasteiger partial charge in [0, 0.05) is 67.2 Å². The molecule has 29 heavy (non-hydrogen) atoms. The quantitative estimate of drug-likeness (QED) is 0.634. The normalized spacial score (nSPS) is 16.6. The fourth-order valence-electron chi connectivity index (χ4n) is 3.64. The Kier molecular flexibility index (Phi) is 5.44. The summed E-state index contributed by atoms with van der Waals surface area (Å²) in [5, 5.41) is 0. The number of carbonyl (C=O) groups excluding carboxylic acids is 1. The molecule has 4 heterocycles. The van der Waals surface area contributed by atoms with E-state index in [2.05, 4.69) is 24.8 Å². The molecule has 1 saturated heterocycles. The molecule has 0 bridgehead atoms. The number of Topliss-reactive ketones (excluding diaryl/α,β-unsaturated/α-hetero) is 1. The molecule has 0 unspecified atom stereocenters. The summed E-state index contributed by atoms with van der Waals surface area (Å²) in [7, 11) is 0. The third-order valence-electron chi connectivity index (χ3n) is 5.07. The molecule has 8 nitrogen and oxygen atoms in total. The number of piperidine rings is 1. The van der Waals surface area contributed by atoms with Gasteiger partial charge in [-0.05, 0) is 31.0 Å². The first-order chi connectivity index (χ1) is 14.1. The molecule has 3 aromatic rings. The fraction of sp³-hybridized carbons (Fsp3) is 0.286. The number of hydrogen-bond acceptors (Lipinski definition) is 8. The van der Waals surface area contributed by atoms with E-state index >= 15 is 0 Å². The molecule has 4 N–H and O–H groups in total. The van der Waals surface area contributed by atoms with Crippen LogP contribution in [0.4, 0.5) is 11.4 Å². The topological polar surface area (TPSA) is 124 Å². The van der Waals surface area contributed by atoms with Gasteiger partial charge in [-0.2, -0.15) is 0 Å². The van der Waals surface area contributed by atoms with Crippen molar-refractivity contribution >= 4 is 17.2 Å². The van der Waals surface area contributed by atoms with Gasteiger partial charge in [-0.3, -0.25) is 9.78 Å². The van der Waals surface area contributed by atoms with Crippen molar-refractivity contribution < 1.29 is 4.79 Å². The monoisotopic (exact) mass is 389 g/mol. The summed E-state index contributed by atoms with van der Waals surface area (Å²) in [6, 6.07) is 5.53. The van der Waals surface area contributed by atoms with Crippen LogP contribution in [-0.4, -0.2) is 44.9 Å². The molecule has 1 aliphatic heterocycles. The summed E-state index contributed by atoms with van der Waals surface area (Å²) in [5.41, 5.74) is 16.0. The van der Waals surface area contributed by atoms with Crippen molar-refractivity contribution in [3.8, 4) is 11.3 Å². The Morgan fingerprint density at radius 3 is 2.76 bits per heavy atom. The molecule has 0 spiro atoms. The molecule has 8 heteroatoms. The predicted molar refractivity (Wildman–Crippen MR) is 111 cm³/mol. The van der Waals surface area contributed by atoms with Gasteiger partial charge in [0.25, 0.3) is 0 Å². The van der Waals surface area contributed by atoms with Crippen molar-refractivity contribution in [1.29, 1.82) is 0 Å². The van der Waals surface area contributed by atoms with Crippen LogP contribution in [0.1, 0.15) is 28.9 Å². The second-order valence-corrected chi connectivity index (χ2v) is 7.21. The number of pyridine rings is 2. The van der Waals surface area contributed by atoms with Gasteiger partial charge >= 0.3 is 0 Å². The summed E-state index contributed by atoms with van der Waals surface area (Å²) < 4.78 is 0. The van der Waals surface area contributed by atoms with Crippen molar-refractivity contribution in [1.82, 2.24) is 19.9 Å². The number of ketones is 1. The van der Waals surface area contributed by atoms with Gasteiger partial charge in [0.2, 0.25) is 0 Å². The Morgan fingerprint density at radius 1 is 1.14 bits per heavy atom. The Hall–Kier alpha value is -3.39. The second-order valence-electron chi connectivity index (χ2n) is 7.21. The number of hydrogen-bond donors (Lipinski definition) is 2. The van der Waals surface area contributed by atoms with Crippen LogP contribution in [0, 0.1) is 0 Å². The zero-order chi connectivity index (χ0) is 20.2. The Morgan fingerprint density at radius 2 is 1.97 bits per heavy atom. The molecule has 0 amide bonds.